The van der Waals surface area contributed by atoms with Crippen LogP contribution in [0, 0.1) is 10.1 Å². The van der Waals surface area contributed by atoms with Crippen LogP contribution < -0.4 is 11.1 Å². The molecule has 0 unspecified atom stereocenters. The zero-order chi connectivity index (χ0) is 13.0. The van der Waals surface area contributed by atoms with E-state index in [2.05, 4.69) is 21.2 Å². The monoisotopic (exact) mass is 301 g/mol. The van der Waals surface area contributed by atoms with Gasteiger partial charge in [-0.3, -0.25) is 19.7 Å². The molecule has 0 aliphatic heterocycles. The number of nitro benzene ring substituents is 1. The fraction of sp³-hybridized carbons (Fsp3) is 0.111. The number of nitro groups is 1. The summed E-state index contributed by atoms with van der Waals surface area (Å²) in [5, 5.41) is 12.9. The second-order valence-corrected chi connectivity index (χ2v) is 3.84. The molecular weight excluding hydrogens is 294 g/mol. The van der Waals surface area contributed by atoms with E-state index >= 15 is 0 Å². The number of nitrogens with zero attached hydrogens (tertiary/aromatic N) is 1. The standard InChI is InChI=1S/C9H8BrN3O4/c10-8-5(9(15)12-4-7(11)14)2-1-3-6(8)13(16)17/h1-3H,4H2,(H2,11,14)(H,12,15). The molecule has 1 aromatic rings. The van der Waals surface area contributed by atoms with Crippen molar-refractivity contribution in [2.75, 3.05) is 6.54 Å². The maximum absolute atomic E-state index is 11.6. The van der Waals surface area contributed by atoms with Crippen LogP contribution in [0.5, 0.6) is 0 Å². The molecule has 7 nitrogen and oxygen atoms in total. The van der Waals surface area contributed by atoms with E-state index in [-0.39, 0.29) is 22.3 Å². The number of primary amides is 1. The van der Waals surface area contributed by atoms with Gasteiger partial charge in [0.25, 0.3) is 11.6 Å². The number of amides is 2. The van der Waals surface area contributed by atoms with Crippen LogP contribution in [0.1, 0.15) is 10.4 Å². The Bertz CT molecular complexity index is 489. The quantitative estimate of drug-likeness (QED) is 0.625. The first kappa shape index (κ1) is 13.1. The molecule has 0 saturated carbocycles. The molecule has 3 N–H and O–H groups in total. The van der Waals surface area contributed by atoms with E-state index in [0.717, 1.165) is 0 Å². The topological polar surface area (TPSA) is 115 Å². The first-order valence-electron chi connectivity index (χ1n) is 4.43. The van der Waals surface area contributed by atoms with Crippen LogP contribution in [0.3, 0.4) is 0 Å². The normalized spacial score (nSPS) is 9.71. The average molecular weight is 302 g/mol. The predicted octanol–water partition coefficient (Wildman–Crippen LogP) is 0.572. The molecule has 0 atom stereocenters. The summed E-state index contributed by atoms with van der Waals surface area (Å²) in [6.07, 6.45) is 0. The molecular formula is C9H8BrN3O4. The molecule has 2 amide bonds. The Hall–Kier alpha value is -1.96. The van der Waals surface area contributed by atoms with Crippen LogP contribution in [0.15, 0.2) is 22.7 Å². The highest BCUT2D eigenvalue weighted by Gasteiger charge is 2.19. The fourth-order valence-electron chi connectivity index (χ4n) is 1.10. The summed E-state index contributed by atoms with van der Waals surface area (Å²) >= 11 is 2.97. The number of hydrogen-bond acceptors (Lipinski definition) is 4. The van der Waals surface area contributed by atoms with Crippen molar-refractivity contribution in [2.24, 2.45) is 5.73 Å². The molecule has 0 fully saturated rings. The average Bonchev–Trinajstić information content (AvgIpc) is 2.25. The number of halogens is 1. The van der Waals surface area contributed by atoms with Crippen LogP contribution in [0.4, 0.5) is 5.69 Å². The minimum Gasteiger partial charge on any atom is -0.368 e. The highest BCUT2D eigenvalue weighted by molar-refractivity contribution is 9.10. The van der Waals surface area contributed by atoms with Crippen molar-refractivity contribution in [3.8, 4) is 0 Å². The summed E-state index contributed by atoms with van der Waals surface area (Å²) in [5.74, 6) is -1.31. The van der Waals surface area contributed by atoms with Crippen LogP contribution in [0.2, 0.25) is 0 Å². The number of nitrogens with two attached hydrogens (primary N) is 1. The SMILES string of the molecule is NC(=O)CNC(=O)c1cccc([N+](=O)[O-])c1Br. The minimum absolute atomic E-state index is 0.0620. The minimum atomic E-state index is -0.695. The van der Waals surface area contributed by atoms with E-state index in [1.807, 2.05) is 0 Å². The zero-order valence-corrected chi connectivity index (χ0v) is 10.1. The Morgan fingerprint density at radius 1 is 1.47 bits per heavy atom. The Morgan fingerprint density at radius 2 is 2.12 bits per heavy atom. The number of hydrogen-bond donors (Lipinski definition) is 2. The molecule has 0 saturated heterocycles. The van der Waals surface area contributed by atoms with Crippen molar-refractivity contribution in [1.29, 1.82) is 0 Å². The van der Waals surface area contributed by atoms with Gasteiger partial charge in [0.05, 0.1) is 17.0 Å². The molecule has 0 heterocycles. The van der Waals surface area contributed by atoms with Gasteiger partial charge in [0.1, 0.15) is 4.47 Å². The van der Waals surface area contributed by atoms with Gasteiger partial charge in [-0.05, 0) is 22.0 Å². The summed E-state index contributed by atoms with van der Waals surface area (Å²) in [5.41, 5.74) is 4.71. The van der Waals surface area contributed by atoms with Gasteiger partial charge in [-0.25, -0.2) is 0 Å². The molecule has 0 bridgehead atoms. The van der Waals surface area contributed by atoms with Gasteiger partial charge in [0.2, 0.25) is 5.91 Å². The van der Waals surface area contributed by atoms with Crippen LogP contribution in [0.25, 0.3) is 0 Å². The summed E-state index contributed by atoms with van der Waals surface area (Å²) < 4.78 is 0.0620. The molecule has 90 valence electrons. The highest BCUT2D eigenvalue weighted by Crippen LogP contribution is 2.27. The van der Waals surface area contributed by atoms with Crippen molar-refractivity contribution < 1.29 is 14.5 Å². The Kier molecular flexibility index (Phi) is 4.16. The van der Waals surface area contributed by atoms with Gasteiger partial charge >= 0.3 is 0 Å². The second-order valence-electron chi connectivity index (χ2n) is 3.04. The molecule has 1 rings (SSSR count). The highest BCUT2D eigenvalue weighted by atomic mass is 79.9. The third-order valence-corrected chi connectivity index (χ3v) is 2.68. The van der Waals surface area contributed by atoms with Gasteiger partial charge < -0.3 is 11.1 Å². The van der Waals surface area contributed by atoms with E-state index in [0.29, 0.717) is 0 Å². The van der Waals surface area contributed by atoms with E-state index < -0.39 is 16.7 Å². The van der Waals surface area contributed by atoms with Crippen LogP contribution in [-0.4, -0.2) is 23.3 Å². The lowest BCUT2D eigenvalue weighted by Crippen LogP contribution is -2.33. The number of benzene rings is 1. The number of rotatable bonds is 4. The molecule has 8 heteroatoms. The Labute approximate surface area is 104 Å². The van der Waals surface area contributed by atoms with Crippen molar-refractivity contribution in [3.63, 3.8) is 0 Å². The molecule has 0 radical (unpaired) electrons. The van der Waals surface area contributed by atoms with E-state index in [1.165, 1.54) is 18.2 Å². The lowest BCUT2D eigenvalue weighted by Gasteiger charge is -2.05. The van der Waals surface area contributed by atoms with Gasteiger partial charge in [-0.2, -0.15) is 0 Å². The lowest BCUT2D eigenvalue weighted by molar-refractivity contribution is -0.385. The molecule has 0 spiro atoms. The molecule has 0 aliphatic carbocycles. The van der Waals surface area contributed by atoms with Gasteiger partial charge in [0, 0.05) is 6.07 Å². The van der Waals surface area contributed by atoms with E-state index in [1.54, 1.807) is 0 Å². The van der Waals surface area contributed by atoms with Crippen molar-refractivity contribution in [3.05, 3.63) is 38.3 Å². The summed E-state index contributed by atoms with van der Waals surface area (Å²) in [4.78, 5) is 32.1. The fourth-order valence-corrected chi connectivity index (χ4v) is 1.69. The van der Waals surface area contributed by atoms with Crippen molar-refractivity contribution in [2.45, 2.75) is 0 Å². The second kappa shape index (κ2) is 5.39. The molecule has 0 aromatic heterocycles. The first-order valence-corrected chi connectivity index (χ1v) is 5.22. The number of carbonyl (C=O) groups is 2. The first-order chi connectivity index (χ1) is 7.93. The number of carbonyl (C=O) groups excluding carboxylic acids is 2. The Balaban J connectivity index is 2.98. The summed E-state index contributed by atoms with van der Waals surface area (Å²) in [6, 6.07) is 4.03. The van der Waals surface area contributed by atoms with Gasteiger partial charge in [-0.1, -0.05) is 6.07 Å². The van der Waals surface area contributed by atoms with Gasteiger partial charge in [-0.15, -0.1) is 0 Å². The molecule has 1 aromatic carbocycles. The maximum atomic E-state index is 11.6. The predicted molar refractivity (Wildman–Crippen MR) is 62.3 cm³/mol. The smallest absolute Gasteiger partial charge is 0.284 e. The third-order valence-electron chi connectivity index (χ3n) is 1.84. The lowest BCUT2D eigenvalue weighted by atomic mass is 10.2. The van der Waals surface area contributed by atoms with Crippen molar-refractivity contribution >= 4 is 33.4 Å². The van der Waals surface area contributed by atoms with Crippen LogP contribution >= 0.6 is 15.9 Å². The summed E-state index contributed by atoms with van der Waals surface area (Å²) in [6.45, 7) is -0.325. The van der Waals surface area contributed by atoms with Gasteiger partial charge in [0.15, 0.2) is 0 Å². The molecule has 0 aliphatic rings. The van der Waals surface area contributed by atoms with Crippen molar-refractivity contribution in [1.82, 2.24) is 5.32 Å². The maximum Gasteiger partial charge on any atom is 0.284 e. The largest absolute Gasteiger partial charge is 0.368 e. The van der Waals surface area contributed by atoms with E-state index in [9.17, 15) is 19.7 Å². The Morgan fingerprint density at radius 3 is 2.65 bits per heavy atom. The third kappa shape index (κ3) is 3.25. The van der Waals surface area contributed by atoms with Crippen LogP contribution in [-0.2, 0) is 4.79 Å². The zero-order valence-electron chi connectivity index (χ0n) is 8.47. The summed E-state index contributed by atoms with van der Waals surface area (Å²) in [7, 11) is 0. The molecule has 17 heavy (non-hydrogen) atoms. The number of nitrogens with one attached hydrogen (secondary N) is 1. The van der Waals surface area contributed by atoms with E-state index in [4.69, 9.17) is 5.73 Å².